The van der Waals surface area contributed by atoms with Gasteiger partial charge >= 0.3 is 0 Å². The van der Waals surface area contributed by atoms with Crippen molar-refractivity contribution in [1.82, 2.24) is 14.9 Å². The second-order valence-corrected chi connectivity index (χ2v) is 7.75. The Kier molecular flexibility index (Phi) is 6.66. The van der Waals surface area contributed by atoms with Gasteiger partial charge in [0.25, 0.3) is 0 Å². The van der Waals surface area contributed by atoms with E-state index in [-0.39, 0.29) is 11.9 Å². The number of rotatable bonds is 8. The molecule has 4 aromatic rings. The summed E-state index contributed by atoms with van der Waals surface area (Å²) in [5.74, 6) is 1.49. The number of para-hydroxylation sites is 2. The van der Waals surface area contributed by atoms with Crippen LogP contribution >= 0.6 is 0 Å². The third-order valence-electron chi connectivity index (χ3n) is 5.26. The summed E-state index contributed by atoms with van der Waals surface area (Å²) in [7, 11) is 0. The van der Waals surface area contributed by atoms with Crippen molar-refractivity contribution in [2.45, 2.75) is 26.4 Å². The number of nitrogens with one attached hydrogen (secondary N) is 1. The lowest BCUT2D eigenvalue weighted by Crippen LogP contribution is -2.27. The van der Waals surface area contributed by atoms with Crippen molar-refractivity contribution in [3.05, 3.63) is 102 Å². The highest BCUT2D eigenvalue weighted by atomic mass is 16.5. The molecule has 4 rings (SSSR count). The molecule has 0 saturated heterocycles. The lowest BCUT2D eigenvalue weighted by molar-refractivity contribution is -0.117. The molecule has 0 saturated carbocycles. The standard InChI is InChI=1S/C27H27N3O2/c1-20-12-15-23(16-13-20)32-19-18-30-25-11-7-6-10-24(25)29-27(30)21(2)28-26(31)17-14-22-8-4-3-5-9-22/h3-17,21H,18-19H2,1-2H3,(H,28,31)/b17-14-. The number of benzene rings is 3. The first-order valence-electron chi connectivity index (χ1n) is 10.8. The molecule has 1 unspecified atom stereocenters. The zero-order valence-corrected chi connectivity index (χ0v) is 18.4. The predicted molar refractivity (Wildman–Crippen MR) is 128 cm³/mol. The minimum Gasteiger partial charge on any atom is -0.492 e. The number of hydrogen-bond acceptors (Lipinski definition) is 3. The minimum atomic E-state index is -0.255. The second kappa shape index (κ2) is 9.96. The molecular weight excluding hydrogens is 398 g/mol. The van der Waals surface area contributed by atoms with E-state index in [0.29, 0.717) is 13.2 Å². The first-order chi connectivity index (χ1) is 15.6. The topological polar surface area (TPSA) is 56.1 Å². The van der Waals surface area contributed by atoms with Crippen LogP contribution in [0.3, 0.4) is 0 Å². The van der Waals surface area contributed by atoms with E-state index < -0.39 is 0 Å². The minimum absolute atomic E-state index is 0.157. The highest BCUT2D eigenvalue weighted by Crippen LogP contribution is 2.21. The summed E-state index contributed by atoms with van der Waals surface area (Å²) >= 11 is 0. The third kappa shape index (κ3) is 5.24. The van der Waals surface area contributed by atoms with Crippen molar-refractivity contribution < 1.29 is 9.53 Å². The van der Waals surface area contributed by atoms with Gasteiger partial charge in [-0.05, 0) is 49.8 Å². The van der Waals surface area contributed by atoms with Crippen LogP contribution in [0.1, 0.15) is 29.9 Å². The monoisotopic (exact) mass is 425 g/mol. The van der Waals surface area contributed by atoms with Crippen LogP contribution in [0.2, 0.25) is 0 Å². The number of ether oxygens (including phenoxy) is 1. The SMILES string of the molecule is Cc1ccc(OCCn2c(C(C)NC(=O)/C=C\c3ccccc3)nc3ccccc32)cc1. The van der Waals surface area contributed by atoms with Crippen molar-refractivity contribution in [2.24, 2.45) is 0 Å². The molecule has 1 amide bonds. The van der Waals surface area contributed by atoms with Crippen molar-refractivity contribution in [1.29, 1.82) is 0 Å². The molecule has 0 aliphatic heterocycles. The van der Waals surface area contributed by atoms with E-state index in [0.717, 1.165) is 28.2 Å². The zero-order valence-electron chi connectivity index (χ0n) is 18.4. The molecule has 1 N–H and O–H groups in total. The number of amides is 1. The van der Waals surface area contributed by atoms with Crippen molar-refractivity contribution >= 4 is 23.0 Å². The summed E-state index contributed by atoms with van der Waals surface area (Å²) < 4.78 is 8.06. The van der Waals surface area contributed by atoms with Gasteiger partial charge in [-0.1, -0.05) is 60.2 Å². The Balaban J connectivity index is 1.47. The largest absolute Gasteiger partial charge is 0.492 e. The maximum absolute atomic E-state index is 12.5. The summed E-state index contributed by atoms with van der Waals surface area (Å²) in [4.78, 5) is 17.3. The van der Waals surface area contributed by atoms with Crippen molar-refractivity contribution in [3.8, 4) is 5.75 Å². The van der Waals surface area contributed by atoms with Gasteiger partial charge in [0, 0.05) is 6.08 Å². The summed E-state index contributed by atoms with van der Waals surface area (Å²) in [5.41, 5.74) is 4.11. The molecule has 5 nitrogen and oxygen atoms in total. The number of aryl methyl sites for hydroxylation is 1. The van der Waals surface area contributed by atoms with E-state index in [1.165, 1.54) is 5.56 Å². The summed E-state index contributed by atoms with van der Waals surface area (Å²) in [5, 5.41) is 3.03. The fourth-order valence-electron chi connectivity index (χ4n) is 3.61. The fourth-order valence-corrected chi connectivity index (χ4v) is 3.61. The average molecular weight is 426 g/mol. The molecule has 162 valence electrons. The molecule has 0 fully saturated rings. The third-order valence-corrected chi connectivity index (χ3v) is 5.26. The van der Waals surface area contributed by atoms with E-state index in [4.69, 9.17) is 9.72 Å². The van der Waals surface area contributed by atoms with Crippen LogP contribution in [0.15, 0.2) is 84.9 Å². The number of carbonyl (C=O) groups is 1. The highest BCUT2D eigenvalue weighted by molar-refractivity contribution is 5.92. The number of aromatic nitrogens is 2. The van der Waals surface area contributed by atoms with Gasteiger partial charge in [0.15, 0.2) is 0 Å². The Hall–Kier alpha value is -3.86. The van der Waals surface area contributed by atoms with Crippen molar-refractivity contribution in [2.75, 3.05) is 6.61 Å². The second-order valence-electron chi connectivity index (χ2n) is 7.75. The molecule has 0 spiro atoms. The van der Waals surface area contributed by atoms with Gasteiger partial charge in [0.2, 0.25) is 5.91 Å². The molecule has 1 atom stereocenters. The van der Waals surface area contributed by atoms with Gasteiger partial charge < -0.3 is 14.6 Å². The summed E-state index contributed by atoms with van der Waals surface area (Å²) in [6.07, 6.45) is 3.36. The molecule has 0 radical (unpaired) electrons. The molecule has 0 aliphatic rings. The van der Waals surface area contributed by atoms with Crippen LogP contribution in [0.5, 0.6) is 5.75 Å². The molecule has 3 aromatic carbocycles. The van der Waals surface area contributed by atoms with Gasteiger partial charge in [-0.15, -0.1) is 0 Å². The van der Waals surface area contributed by atoms with E-state index >= 15 is 0 Å². The van der Waals surface area contributed by atoms with Gasteiger partial charge in [0.1, 0.15) is 18.2 Å². The Labute approximate surface area is 188 Å². The predicted octanol–water partition coefficient (Wildman–Crippen LogP) is 5.31. The summed E-state index contributed by atoms with van der Waals surface area (Å²) in [6.45, 7) is 5.14. The van der Waals surface area contributed by atoms with Crippen LogP contribution in [-0.4, -0.2) is 22.1 Å². The van der Waals surface area contributed by atoms with Crippen LogP contribution in [0.25, 0.3) is 17.1 Å². The first kappa shape index (κ1) is 21.4. The summed E-state index contributed by atoms with van der Waals surface area (Å²) in [6, 6.07) is 25.5. The maximum Gasteiger partial charge on any atom is 0.244 e. The number of fused-ring (bicyclic) bond motifs is 1. The zero-order chi connectivity index (χ0) is 22.3. The molecule has 1 aromatic heterocycles. The smallest absolute Gasteiger partial charge is 0.244 e. The Morgan fingerprint density at radius 3 is 2.53 bits per heavy atom. The maximum atomic E-state index is 12.5. The lowest BCUT2D eigenvalue weighted by Gasteiger charge is -2.16. The molecule has 5 heteroatoms. The quantitative estimate of drug-likeness (QED) is 0.389. The van der Waals surface area contributed by atoms with Crippen LogP contribution in [0.4, 0.5) is 0 Å². The van der Waals surface area contributed by atoms with Crippen LogP contribution < -0.4 is 10.1 Å². The number of nitrogens with zero attached hydrogens (tertiary/aromatic N) is 2. The van der Waals surface area contributed by atoms with Gasteiger partial charge in [-0.2, -0.15) is 0 Å². The molecule has 1 heterocycles. The van der Waals surface area contributed by atoms with E-state index in [1.54, 1.807) is 12.2 Å². The Morgan fingerprint density at radius 1 is 1.03 bits per heavy atom. The van der Waals surface area contributed by atoms with Gasteiger partial charge in [-0.25, -0.2) is 4.98 Å². The molecule has 32 heavy (non-hydrogen) atoms. The number of imidazole rings is 1. The molecule has 0 aliphatic carbocycles. The normalized spacial score (nSPS) is 12.2. The molecular formula is C27H27N3O2. The van der Waals surface area contributed by atoms with E-state index in [2.05, 4.69) is 16.8 Å². The van der Waals surface area contributed by atoms with Gasteiger partial charge in [0.05, 0.1) is 23.6 Å². The highest BCUT2D eigenvalue weighted by Gasteiger charge is 2.17. The van der Waals surface area contributed by atoms with Crippen LogP contribution in [-0.2, 0) is 11.3 Å². The number of carbonyl (C=O) groups excluding carboxylic acids is 1. The van der Waals surface area contributed by atoms with E-state index in [1.807, 2.05) is 85.8 Å². The Bertz CT molecular complexity index is 1210. The first-order valence-corrected chi connectivity index (χ1v) is 10.8. The van der Waals surface area contributed by atoms with Crippen LogP contribution in [0, 0.1) is 6.92 Å². The lowest BCUT2D eigenvalue weighted by atomic mass is 10.2. The van der Waals surface area contributed by atoms with E-state index in [9.17, 15) is 4.79 Å². The molecule has 0 bridgehead atoms. The Morgan fingerprint density at radius 2 is 1.75 bits per heavy atom. The van der Waals surface area contributed by atoms with Crippen molar-refractivity contribution in [3.63, 3.8) is 0 Å². The van der Waals surface area contributed by atoms with Gasteiger partial charge in [-0.3, -0.25) is 4.79 Å². The fraction of sp³-hybridized carbons (Fsp3) is 0.185. The average Bonchev–Trinajstić information content (AvgIpc) is 3.18. The number of hydrogen-bond donors (Lipinski definition) is 1.